The summed E-state index contributed by atoms with van der Waals surface area (Å²) in [5.41, 5.74) is 2.84. The van der Waals surface area contributed by atoms with Gasteiger partial charge in [-0.15, -0.1) is 11.3 Å². The van der Waals surface area contributed by atoms with Gasteiger partial charge in [0.05, 0.1) is 28.6 Å². The van der Waals surface area contributed by atoms with Crippen LogP contribution in [0.3, 0.4) is 0 Å². The molecule has 0 aliphatic carbocycles. The molecule has 0 aliphatic rings. The Hall–Kier alpha value is -3.24. The van der Waals surface area contributed by atoms with E-state index in [0.717, 1.165) is 11.4 Å². The van der Waals surface area contributed by atoms with Crippen molar-refractivity contribution in [2.75, 3.05) is 5.32 Å². The Labute approximate surface area is 190 Å². The Morgan fingerprint density at radius 3 is 2.66 bits per heavy atom. The van der Waals surface area contributed by atoms with E-state index in [2.05, 4.69) is 20.1 Å². The van der Waals surface area contributed by atoms with Crippen LogP contribution >= 0.6 is 22.9 Å². The SMILES string of the molecule is Cc1nn(Cc2ccc(C(=O)Nc3nc(-c4ccc(OC(F)F)cc4)cs3)o2)c(C)c1Cl. The molecule has 0 saturated carbocycles. The van der Waals surface area contributed by atoms with Crippen molar-refractivity contribution in [1.82, 2.24) is 14.8 Å². The van der Waals surface area contributed by atoms with E-state index >= 15 is 0 Å². The Balaban J connectivity index is 1.40. The van der Waals surface area contributed by atoms with E-state index in [9.17, 15) is 13.6 Å². The van der Waals surface area contributed by atoms with Crippen LogP contribution in [0.4, 0.5) is 13.9 Å². The van der Waals surface area contributed by atoms with Crippen molar-refractivity contribution in [2.24, 2.45) is 0 Å². The predicted molar refractivity (Wildman–Crippen MR) is 117 cm³/mol. The summed E-state index contributed by atoms with van der Waals surface area (Å²) in [6, 6.07) is 9.37. The molecule has 0 saturated heterocycles. The van der Waals surface area contributed by atoms with Gasteiger partial charge in [-0.25, -0.2) is 4.98 Å². The van der Waals surface area contributed by atoms with Crippen LogP contribution in [0.1, 0.15) is 27.7 Å². The predicted octanol–water partition coefficient (Wildman–Crippen LogP) is 5.77. The second-order valence-electron chi connectivity index (χ2n) is 6.80. The van der Waals surface area contributed by atoms with Gasteiger partial charge in [0, 0.05) is 10.9 Å². The molecular formula is C21H17ClF2N4O3S. The molecule has 1 N–H and O–H groups in total. The Bertz CT molecular complexity index is 1250. The van der Waals surface area contributed by atoms with Gasteiger partial charge in [-0.2, -0.15) is 13.9 Å². The quantitative estimate of drug-likeness (QED) is 0.364. The van der Waals surface area contributed by atoms with E-state index in [1.165, 1.54) is 23.5 Å². The zero-order valence-electron chi connectivity index (χ0n) is 16.9. The summed E-state index contributed by atoms with van der Waals surface area (Å²) in [7, 11) is 0. The number of halogens is 3. The summed E-state index contributed by atoms with van der Waals surface area (Å²) in [5.74, 6) is 0.314. The number of ether oxygens (including phenoxy) is 1. The fourth-order valence-corrected chi connectivity index (χ4v) is 3.84. The maximum absolute atomic E-state index is 12.5. The van der Waals surface area contributed by atoms with Gasteiger partial charge in [0.1, 0.15) is 11.5 Å². The molecule has 1 aromatic carbocycles. The minimum absolute atomic E-state index is 0.0591. The van der Waals surface area contributed by atoms with Gasteiger partial charge in [0.15, 0.2) is 10.9 Å². The van der Waals surface area contributed by atoms with E-state index in [1.807, 2.05) is 13.8 Å². The number of carbonyl (C=O) groups excluding carboxylic acids is 1. The number of nitrogens with zero attached hydrogens (tertiary/aromatic N) is 3. The second kappa shape index (κ2) is 9.09. The maximum atomic E-state index is 12.5. The number of carbonyl (C=O) groups is 1. The lowest BCUT2D eigenvalue weighted by Crippen LogP contribution is -2.10. The number of amides is 1. The van der Waals surface area contributed by atoms with Crippen LogP contribution in [0.2, 0.25) is 5.02 Å². The Morgan fingerprint density at radius 1 is 1.25 bits per heavy atom. The molecule has 0 atom stereocenters. The van der Waals surface area contributed by atoms with Gasteiger partial charge >= 0.3 is 6.61 Å². The van der Waals surface area contributed by atoms with Gasteiger partial charge < -0.3 is 9.15 Å². The molecule has 3 aromatic heterocycles. The summed E-state index contributed by atoms with van der Waals surface area (Å²) in [6.07, 6.45) is 0. The monoisotopic (exact) mass is 478 g/mol. The molecule has 0 spiro atoms. The summed E-state index contributed by atoms with van der Waals surface area (Å²) in [5, 5.41) is 9.77. The van der Waals surface area contributed by atoms with Crippen LogP contribution in [-0.2, 0) is 6.54 Å². The lowest BCUT2D eigenvalue weighted by Gasteiger charge is -2.04. The lowest BCUT2D eigenvalue weighted by atomic mass is 10.2. The first-order valence-electron chi connectivity index (χ1n) is 9.40. The second-order valence-corrected chi connectivity index (χ2v) is 8.04. The van der Waals surface area contributed by atoms with Crippen molar-refractivity contribution in [3.8, 4) is 17.0 Å². The van der Waals surface area contributed by atoms with Gasteiger partial charge in [0.25, 0.3) is 5.91 Å². The molecule has 0 aliphatic heterocycles. The van der Waals surface area contributed by atoms with Crippen LogP contribution < -0.4 is 10.1 Å². The Morgan fingerprint density at radius 2 is 2.00 bits per heavy atom. The van der Waals surface area contributed by atoms with Crippen LogP contribution in [0.25, 0.3) is 11.3 Å². The zero-order chi connectivity index (χ0) is 22.8. The number of hydrogen-bond donors (Lipinski definition) is 1. The highest BCUT2D eigenvalue weighted by molar-refractivity contribution is 7.14. The van der Waals surface area contributed by atoms with Crippen LogP contribution in [0.15, 0.2) is 46.2 Å². The first-order chi connectivity index (χ1) is 15.3. The molecule has 0 unspecified atom stereocenters. The van der Waals surface area contributed by atoms with Crippen molar-refractivity contribution >= 4 is 34.0 Å². The van der Waals surface area contributed by atoms with Crippen LogP contribution in [0.5, 0.6) is 5.75 Å². The van der Waals surface area contributed by atoms with Crippen molar-refractivity contribution in [3.05, 3.63) is 69.7 Å². The van der Waals surface area contributed by atoms with Crippen molar-refractivity contribution < 1.29 is 22.7 Å². The number of alkyl halides is 2. The fraction of sp³-hybridized carbons (Fsp3) is 0.190. The molecule has 0 fully saturated rings. The first-order valence-corrected chi connectivity index (χ1v) is 10.7. The van der Waals surface area contributed by atoms with E-state index in [-0.39, 0.29) is 11.5 Å². The highest BCUT2D eigenvalue weighted by Gasteiger charge is 2.16. The number of hydrogen-bond acceptors (Lipinski definition) is 6. The number of nitrogens with one attached hydrogen (secondary N) is 1. The molecular weight excluding hydrogens is 462 g/mol. The fourth-order valence-electron chi connectivity index (χ4n) is 2.99. The zero-order valence-corrected chi connectivity index (χ0v) is 18.5. The normalized spacial score (nSPS) is 11.2. The van der Waals surface area contributed by atoms with E-state index in [0.29, 0.717) is 33.7 Å². The minimum atomic E-state index is -2.88. The number of furan rings is 1. The molecule has 4 rings (SSSR count). The van der Waals surface area contributed by atoms with Crippen molar-refractivity contribution in [1.29, 1.82) is 0 Å². The number of aromatic nitrogens is 3. The van der Waals surface area contributed by atoms with Crippen LogP contribution in [0, 0.1) is 13.8 Å². The molecule has 4 aromatic rings. The van der Waals surface area contributed by atoms with Gasteiger partial charge in [-0.05, 0) is 50.2 Å². The number of anilines is 1. The number of benzene rings is 1. The third-order valence-electron chi connectivity index (χ3n) is 4.58. The van der Waals surface area contributed by atoms with Crippen LogP contribution in [-0.4, -0.2) is 27.3 Å². The highest BCUT2D eigenvalue weighted by atomic mass is 35.5. The molecule has 32 heavy (non-hydrogen) atoms. The van der Waals surface area contributed by atoms with Crippen molar-refractivity contribution in [3.63, 3.8) is 0 Å². The maximum Gasteiger partial charge on any atom is 0.387 e. The average molecular weight is 479 g/mol. The third-order valence-corrected chi connectivity index (χ3v) is 5.89. The average Bonchev–Trinajstić information content (AvgIpc) is 3.46. The molecule has 0 radical (unpaired) electrons. The van der Waals surface area contributed by atoms with E-state index in [1.54, 1.807) is 34.3 Å². The molecule has 166 valence electrons. The minimum Gasteiger partial charge on any atom is -0.454 e. The topological polar surface area (TPSA) is 82.2 Å². The van der Waals surface area contributed by atoms with Crippen molar-refractivity contribution in [2.45, 2.75) is 27.0 Å². The smallest absolute Gasteiger partial charge is 0.387 e. The molecule has 11 heteroatoms. The van der Waals surface area contributed by atoms with E-state index in [4.69, 9.17) is 16.0 Å². The largest absolute Gasteiger partial charge is 0.454 e. The number of rotatable bonds is 7. The molecule has 0 bridgehead atoms. The lowest BCUT2D eigenvalue weighted by molar-refractivity contribution is -0.0498. The van der Waals surface area contributed by atoms with Gasteiger partial charge in [0.2, 0.25) is 0 Å². The summed E-state index contributed by atoms with van der Waals surface area (Å²) >= 11 is 7.40. The first kappa shape index (κ1) is 22.0. The highest BCUT2D eigenvalue weighted by Crippen LogP contribution is 2.27. The van der Waals surface area contributed by atoms with E-state index < -0.39 is 12.5 Å². The van der Waals surface area contributed by atoms with Gasteiger partial charge in [-0.1, -0.05) is 11.6 Å². The number of aryl methyl sites for hydroxylation is 1. The third kappa shape index (κ3) is 4.81. The Kier molecular flexibility index (Phi) is 6.24. The number of thiazole rings is 1. The van der Waals surface area contributed by atoms with Gasteiger partial charge in [-0.3, -0.25) is 14.8 Å². The summed E-state index contributed by atoms with van der Waals surface area (Å²) in [6.45, 7) is 1.15. The summed E-state index contributed by atoms with van der Waals surface area (Å²) < 4.78 is 36.2. The standard InChI is InChI=1S/C21H17ClF2N4O3S/c1-11-18(22)12(2)28(27-11)9-15-7-8-17(30-15)19(29)26-21-25-16(10-32-21)13-3-5-14(6-4-13)31-20(23)24/h3-8,10,20H,9H2,1-2H3,(H,25,26,29). The molecule has 3 heterocycles. The summed E-state index contributed by atoms with van der Waals surface area (Å²) in [4.78, 5) is 16.9. The molecule has 7 nitrogen and oxygen atoms in total. The molecule has 1 amide bonds.